The van der Waals surface area contributed by atoms with Crippen molar-refractivity contribution in [3.8, 4) is 5.75 Å². The lowest BCUT2D eigenvalue weighted by Crippen LogP contribution is -2.47. The van der Waals surface area contributed by atoms with Crippen molar-refractivity contribution in [2.45, 2.75) is 44.0 Å². The van der Waals surface area contributed by atoms with Crippen LogP contribution in [0.1, 0.15) is 43.5 Å². The molecule has 1 saturated heterocycles. The van der Waals surface area contributed by atoms with Crippen LogP contribution in [0.25, 0.3) is 0 Å². The number of amides is 2. The van der Waals surface area contributed by atoms with E-state index < -0.39 is 33.7 Å². The van der Waals surface area contributed by atoms with Crippen molar-refractivity contribution in [2.75, 3.05) is 25.5 Å². The number of nitrogens with zero attached hydrogens (tertiary/aromatic N) is 1. The van der Waals surface area contributed by atoms with Crippen LogP contribution in [-0.4, -0.2) is 50.8 Å². The van der Waals surface area contributed by atoms with E-state index in [1.54, 1.807) is 13.8 Å². The Morgan fingerprint density at radius 1 is 1.06 bits per heavy atom. The number of hydrogen-bond acceptors (Lipinski definition) is 5. The predicted molar refractivity (Wildman–Crippen MR) is 127 cm³/mol. The summed E-state index contributed by atoms with van der Waals surface area (Å²) >= 11 is 0. The molecule has 0 aromatic heterocycles. The Hall–Kier alpha value is -2.98. The van der Waals surface area contributed by atoms with E-state index in [1.165, 1.54) is 53.9 Å². The lowest BCUT2D eigenvalue weighted by molar-refractivity contribution is -0.118. The summed E-state index contributed by atoms with van der Waals surface area (Å²) in [5.41, 5.74) is -0.00970. The summed E-state index contributed by atoms with van der Waals surface area (Å²) in [5.74, 6) is -2.05. The van der Waals surface area contributed by atoms with Gasteiger partial charge in [-0.3, -0.25) is 9.59 Å². The SMILES string of the molecule is COc1ccc(S(=O)(=O)N2CCCCC2)cc1NC(=O)[C@H](NC(=O)c1ccccc1F)C(C)C. The monoisotopic (exact) mass is 491 g/mol. The van der Waals surface area contributed by atoms with Crippen molar-refractivity contribution in [3.63, 3.8) is 0 Å². The molecule has 0 saturated carbocycles. The Bertz CT molecular complexity index is 1150. The molecule has 184 valence electrons. The topological polar surface area (TPSA) is 105 Å². The summed E-state index contributed by atoms with van der Waals surface area (Å²) in [6.07, 6.45) is 2.60. The van der Waals surface area contributed by atoms with Gasteiger partial charge in [-0.15, -0.1) is 0 Å². The lowest BCUT2D eigenvalue weighted by atomic mass is 10.0. The molecule has 2 aromatic carbocycles. The summed E-state index contributed by atoms with van der Waals surface area (Å²) in [4.78, 5) is 25.7. The molecule has 1 fully saturated rings. The van der Waals surface area contributed by atoms with Crippen LogP contribution in [0.15, 0.2) is 47.4 Å². The number of rotatable bonds is 8. The zero-order valence-corrected chi connectivity index (χ0v) is 20.3. The molecule has 1 atom stereocenters. The summed E-state index contributed by atoms with van der Waals surface area (Å²) in [7, 11) is -2.32. The fourth-order valence-corrected chi connectivity index (χ4v) is 5.35. The van der Waals surface area contributed by atoms with Gasteiger partial charge in [0, 0.05) is 13.1 Å². The molecule has 1 aliphatic rings. The van der Waals surface area contributed by atoms with Crippen molar-refractivity contribution in [3.05, 3.63) is 53.8 Å². The second-order valence-corrected chi connectivity index (χ2v) is 10.4. The molecule has 2 N–H and O–H groups in total. The van der Waals surface area contributed by atoms with E-state index in [1.807, 2.05) is 0 Å². The normalized spacial score (nSPS) is 15.6. The Morgan fingerprint density at radius 2 is 1.74 bits per heavy atom. The summed E-state index contributed by atoms with van der Waals surface area (Å²) in [6.45, 7) is 4.38. The highest BCUT2D eigenvalue weighted by Crippen LogP contribution is 2.30. The fraction of sp³-hybridized carbons (Fsp3) is 0.417. The number of ether oxygens (including phenoxy) is 1. The van der Waals surface area contributed by atoms with Gasteiger partial charge in [-0.05, 0) is 49.1 Å². The molecule has 8 nitrogen and oxygen atoms in total. The van der Waals surface area contributed by atoms with Gasteiger partial charge in [-0.1, -0.05) is 32.4 Å². The molecule has 34 heavy (non-hydrogen) atoms. The molecule has 0 bridgehead atoms. The van der Waals surface area contributed by atoms with Gasteiger partial charge in [0.2, 0.25) is 15.9 Å². The second-order valence-electron chi connectivity index (χ2n) is 8.49. The largest absolute Gasteiger partial charge is 0.495 e. The van der Waals surface area contributed by atoms with Gasteiger partial charge in [0.15, 0.2) is 0 Å². The molecule has 0 radical (unpaired) electrons. The van der Waals surface area contributed by atoms with Crippen LogP contribution in [-0.2, 0) is 14.8 Å². The number of sulfonamides is 1. The molecule has 0 spiro atoms. The summed E-state index contributed by atoms with van der Waals surface area (Å²) in [5, 5.41) is 5.24. The van der Waals surface area contributed by atoms with E-state index in [9.17, 15) is 22.4 Å². The zero-order valence-electron chi connectivity index (χ0n) is 19.5. The average molecular weight is 492 g/mol. The van der Waals surface area contributed by atoms with Crippen LogP contribution < -0.4 is 15.4 Å². The minimum Gasteiger partial charge on any atom is -0.495 e. The maximum atomic E-state index is 14.0. The van der Waals surface area contributed by atoms with Gasteiger partial charge < -0.3 is 15.4 Å². The highest BCUT2D eigenvalue weighted by atomic mass is 32.2. The quantitative estimate of drug-likeness (QED) is 0.589. The number of piperidine rings is 1. The first-order chi connectivity index (χ1) is 16.1. The van der Waals surface area contributed by atoms with Crippen LogP contribution in [0.2, 0.25) is 0 Å². The highest BCUT2D eigenvalue weighted by Gasteiger charge is 2.29. The maximum absolute atomic E-state index is 14.0. The molecule has 1 heterocycles. The minimum absolute atomic E-state index is 0.0435. The highest BCUT2D eigenvalue weighted by molar-refractivity contribution is 7.89. The number of methoxy groups -OCH3 is 1. The standard InChI is InChI=1S/C24H30FN3O5S/c1-16(2)22(27-23(29)18-9-5-6-10-19(18)25)24(30)26-20-15-17(11-12-21(20)33-3)34(31,32)28-13-7-4-8-14-28/h5-6,9-12,15-16,22H,4,7-8,13-14H2,1-3H3,(H,26,30)(H,27,29)/t22-/m1/s1. The maximum Gasteiger partial charge on any atom is 0.254 e. The molecule has 2 aromatic rings. The van der Waals surface area contributed by atoms with Crippen LogP contribution in [0, 0.1) is 11.7 Å². The van der Waals surface area contributed by atoms with Crippen molar-refractivity contribution < 1.29 is 27.1 Å². The Kier molecular flexibility index (Phi) is 8.27. The molecule has 0 unspecified atom stereocenters. The molecule has 10 heteroatoms. The van der Waals surface area contributed by atoms with Gasteiger partial charge in [-0.2, -0.15) is 4.31 Å². The van der Waals surface area contributed by atoms with Gasteiger partial charge in [0.05, 0.1) is 23.3 Å². The Labute approximate surface area is 199 Å². The second kappa shape index (κ2) is 11.0. The van der Waals surface area contributed by atoms with Crippen molar-refractivity contribution in [1.29, 1.82) is 0 Å². The minimum atomic E-state index is -3.73. The number of hydrogen-bond donors (Lipinski definition) is 2. The molecular formula is C24H30FN3O5S. The first-order valence-electron chi connectivity index (χ1n) is 11.2. The van der Waals surface area contributed by atoms with E-state index in [-0.39, 0.29) is 27.8 Å². The van der Waals surface area contributed by atoms with Gasteiger partial charge in [-0.25, -0.2) is 12.8 Å². The van der Waals surface area contributed by atoms with Gasteiger partial charge in [0.25, 0.3) is 5.91 Å². The van der Waals surface area contributed by atoms with Gasteiger partial charge >= 0.3 is 0 Å². The third-order valence-electron chi connectivity index (χ3n) is 5.74. The van der Waals surface area contributed by atoms with E-state index in [2.05, 4.69) is 10.6 Å². The van der Waals surface area contributed by atoms with E-state index in [0.717, 1.165) is 19.3 Å². The number of halogens is 1. The average Bonchev–Trinajstić information content (AvgIpc) is 2.82. The van der Waals surface area contributed by atoms with Crippen molar-refractivity contribution in [1.82, 2.24) is 9.62 Å². The van der Waals surface area contributed by atoms with Crippen LogP contribution in [0.3, 0.4) is 0 Å². The molecule has 2 amide bonds. The van der Waals surface area contributed by atoms with Crippen LogP contribution >= 0.6 is 0 Å². The number of benzene rings is 2. The van der Waals surface area contributed by atoms with E-state index in [4.69, 9.17) is 4.74 Å². The van der Waals surface area contributed by atoms with Crippen LogP contribution in [0.4, 0.5) is 10.1 Å². The summed E-state index contributed by atoms with van der Waals surface area (Å²) < 4.78 is 46.9. The van der Waals surface area contributed by atoms with E-state index >= 15 is 0 Å². The smallest absolute Gasteiger partial charge is 0.254 e. The first kappa shape index (κ1) is 25.6. The molecule has 0 aliphatic carbocycles. The van der Waals surface area contributed by atoms with Crippen LogP contribution in [0.5, 0.6) is 5.75 Å². The summed E-state index contributed by atoms with van der Waals surface area (Å²) in [6, 6.07) is 8.77. The lowest BCUT2D eigenvalue weighted by Gasteiger charge is -2.26. The van der Waals surface area contributed by atoms with Crippen molar-refractivity contribution >= 4 is 27.5 Å². The third-order valence-corrected chi connectivity index (χ3v) is 7.63. The predicted octanol–water partition coefficient (Wildman–Crippen LogP) is 3.40. The number of anilines is 1. The number of carbonyl (C=O) groups is 2. The Morgan fingerprint density at radius 3 is 2.35 bits per heavy atom. The number of carbonyl (C=O) groups excluding carboxylic acids is 2. The van der Waals surface area contributed by atoms with Gasteiger partial charge in [0.1, 0.15) is 17.6 Å². The van der Waals surface area contributed by atoms with Crippen molar-refractivity contribution in [2.24, 2.45) is 5.92 Å². The third kappa shape index (κ3) is 5.74. The fourth-order valence-electron chi connectivity index (χ4n) is 3.81. The first-order valence-corrected chi connectivity index (χ1v) is 12.6. The zero-order chi connectivity index (χ0) is 24.9. The van der Waals surface area contributed by atoms with E-state index in [0.29, 0.717) is 13.1 Å². The molecule has 3 rings (SSSR count). The number of nitrogens with one attached hydrogen (secondary N) is 2. The molecular weight excluding hydrogens is 461 g/mol. The Balaban J connectivity index is 1.84. The molecule has 1 aliphatic heterocycles.